The Balaban J connectivity index is 1.37. The van der Waals surface area contributed by atoms with Crippen LogP contribution in [0.15, 0.2) is 54.6 Å². The van der Waals surface area contributed by atoms with E-state index in [1.807, 2.05) is 42.5 Å². The minimum Gasteiger partial charge on any atom is -0.426 e. The first kappa shape index (κ1) is 16.5. The Morgan fingerprint density at radius 3 is 2.31 bits per heavy atom. The van der Waals surface area contributed by atoms with Crippen LogP contribution in [0.2, 0.25) is 0 Å². The van der Waals surface area contributed by atoms with Gasteiger partial charge in [-0.1, -0.05) is 42.5 Å². The molecule has 26 heavy (non-hydrogen) atoms. The average molecular weight is 349 g/mol. The number of carbonyl (C=O) groups is 3. The Hall–Kier alpha value is -2.95. The van der Waals surface area contributed by atoms with Gasteiger partial charge in [0.15, 0.2) is 0 Å². The molecule has 2 aromatic carbocycles. The lowest BCUT2D eigenvalue weighted by atomic mass is 9.85. The molecule has 2 atom stereocenters. The first-order chi connectivity index (χ1) is 12.6. The van der Waals surface area contributed by atoms with E-state index in [1.165, 1.54) is 4.90 Å². The molecule has 1 aliphatic carbocycles. The molecule has 1 saturated heterocycles. The van der Waals surface area contributed by atoms with Crippen LogP contribution >= 0.6 is 0 Å². The van der Waals surface area contributed by atoms with Crippen LogP contribution in [0.5, 0.6) is 5.75 Å². The lowest BCUT2D eigenvalue weighted by Crippen LogP contribution is -2.33. The van der Waals surface area contributed by atoms with E-state index in [0.29, 0.717) is 18.6 Å². The number of amides is 2. The van der Waals surface area contributed by atoms with Crippen LogP contribution in [0, 0.1) is 11.8 Å². The summed E-state index contributed by atoms with van der Waals surface area (Å²) in [6, 6.07) is 13.2. The molecule has 0 saturated carbocycles. The Morgan fingerprint density at radius 2 is 1.62 bits per heavy atom. The zero-order chi connectivity index (χ0) is 18.1. The number of hydrogen-bond acceptors (Lipinski definition) is 4. The summed E-state index contributed by atoms with van der Waals surface area (Å²) in [7, 11) is 0. The first-order valence-electron chi connectivity index (χ1n) is 8.83. The van der Waals surface area contributed by atoms with E-state index in [9.17, 15) is 14.4 Å². The van der Waals surface area contributed by atoms with Crippen LogP contribution in [0.3, 0.4) is 0 Å². The normalized spacial score (nSPS) is 21.9. The highest BCUT2D eigenvalue weighted by atomic mass is 16.5. The van der Waals surface area contributed by atoms with Gasteiger partial charge < -0.3 is 4.74 Å². The van der Waals surface area contributed by atoms with Crippen LogP contribution in [0.1, 0.15) is 19.3 Å². The van der Waals surface area contributed by atoms with E-state index in [-0.39, 0.29) is 36.6 Å². The van der Waals surface area contributed by atoms with Crippen molar-refractivity contribution in [3.8, 4) is 5.75 Å². The van der Waals surface area contributed by atoms with E-state index < -0.39 is 5.97 Å². The number of nitrogens with zero attached hydrogens (tertiary/aromatic N) is 1. The highest BCUT2D eigenvalue weighted by molar-refractivity contribution is 6.05. The topological polar surface area (TPSA) is 63.7 Å². The maximum Gasteiger partial charge on any atom is 0.312 e. The van der Waals surface area contributed by atoms with Crippen molar-refractivity contribution in [3.63, 3.8) is 0 Å². The molecule has 1 aliphatic heterocycles. The van der Waals surface area contributed by atoms with Crippen molar-refractivity contribution in [2.45, 2.75) is 19.3 Å². The highest BCUT2D eigenvalue weighted by Gasteiger charge is 2.46. The molecule has 1 heterocycles. The van der Waals surface area contributed by atoms with E-state index in [0.717, 1.165) is 10.8 Å². The van der Waals surface area contributed by atoms with E-state index in [4.69, 9.17) is 4.74 Å². The largest absolute Gasteiger partial charge is 0.426 e. The minimum atomic E-state index is -0.450. The third kappa shape index (κ3) is 3.01. The summed E-state index contributed by atoms with van der Waals surface area (Å²) >= 11 is 0. The summed E-state index contributed by atoms with van der Waals surface area (Å²) in [5, 5.41) is 2.05. The van der Waals surface area contributed by atoms with Gasteiger partial charge in [-0.25, -0.2) is 0 Å². The van der Waals surface area contributed by atoms with Crippen molar-refractivity contribution in [2.24, 2.45) is 11.8 Å². The summed E-state index contributed by atoms with van der Waals surface area (Å²) in [5.41, 5.74) is 0. The molecule has 0 aromatic heterocycles. The number of fused-ring (bicyclic) bond motifs is 2. The molecule has 5 heteroatoms. The second-order valence-corrected chi connectivity index (χ2v) is 6.72. The van der Waals surface area contributed by atoms with E-state index >= 15 is 0 Å². The second-order valence-electron chi connectivity index (χ2n) is 6.72. The van der Waals surface area contributed by atoms with Crippen molar-refractivity contribution >= 4 is 28.6 Å². The molecule has 2 amide bonds. The minimum absolute atomic E-state index is 0.00280. The van der Waals surface area contributed by atoms with Crippen molar-refractivity contribution < 1.29 is 19.1 Å². The molecule has 2 aromatic rings. The quantitative estimate of drug-likeness (QED) is 0.368. The maximum atomic E-state index is 12.4. The van der Waals surface area contributed by atoms with Crippen molar-refractivity contribution in [3.05, 3.63) is 54.6 Å². The van der Waals surface area contributed by atoms with Crippen LogP contribution in [0.4, 0.5) is 0 Å². The molecular weight excluding hydrogens is 330 g/mol. The van der Waals surface area contributed by atoms with Gasteiger partial charge in [-0.2, -0.15) is 0 Å². The Morgan fingerprint density at radius 1 is 0.962 bits per heavy atom. The van der Waals surface area contributed by atoms with Crippen molar-refractivity contribution in [2.75, 3.05) is 6.54 Å². The molecule has 2 aliphatic rings. The first-order valence-corrected chi connectivity index (χ1v) is 8.83. The molecule has 0 unspecified atom stereocenters. The number of esters is 1. The number of ether oxygens (including phenoxy) is 1. The molecule has 0 spiro atoms. The van der Waals surface area contributed by atoms with Gasteiger partial charge in [0.2, 0.25) is 11.8 Å². The Kier molecular flexibility index (Phi) is 4.29. The summed E-state index contributed by atoms with van der Waals surface area (Å²) in [6.45, 7) is 0.0804. The SMILES string of the molecule is O=C(CCN1C(=O)[C@@H]2CC=CC[C@H]2C1=O)Oc1ccc2ccccc2c1. The molecule has 0 bridgehead atoms. The smallest absolute Gasteiger partial charge is 0.312 e. The zero-order valence-corrected chi connectivity index (χ0v) is 14.3. The van der Waals surface area contributed by atoms with Gasteiger partial charge in [0, 0.05) is 6.54 Å². The van der Waals surface area contributed by atoms with Crippen LogP contribution in [-0.4, -0.2) is 29.2 Å². The second kappa shape index (κ2) is 6.75. The number of hydrogen-bond donors (Lipinski definition) is 0. The number of carbonyl (C=O) groups excluding carboxylic acids is 3. The number of benzene rings is 2. The summed E-state index contributed by atoms with van der Waals surface area (Å²) in [6.07, 6.45) is 5.10. The lowest BCUT2D eigenvalue weighted by Gasteiger charge is -2.14. The summed E-state index contributed by atoms with van der Waals surface area (Å²) < 4.78 is 5.37. The van der Waals surface area contributed by atoms with Crippen molar-refractivity contribution in [1.82, 2.24) is 4.90 Å². The molecule has 0 N–H and O–H groups in total. The standard InChI is InChI=1S/C21H19NO4/c23-19(26-16-10-9-14-5-1-2-6-15(14)13-16)11-12-22-20(24)17-7-3-4-8-18(17)21(22)25/h1-6,9-10,13,17-18H,7-8,11-12H2/t17-,18-/m1/s1. The van der Waals surface area contributed by atoms with Crippen LogP contribution in [0.25, 0.3) is 10.8 Å². The van der Waals surface area contributed by atoms with Gasteiger partial charge >= 0.3 is 5.97 Å². The van der Waals surface area contributed by atoms with E-state index in [1.54, 1.807) is 12.1 Å². The van der Waals surface area contributed by atoms with Crippen molar-refractivity contribution in [1.29, 1.82) is 0 Å². The lowest BCUT2D eigenvalue weighted by molar-refractivity contribution is -0.141. The highest BCUT2D eigenvalue weighted by Crippen LogP contribution is 2.35. The predicted molar refractivity (Wildman–Crippen MR) is 96.3 cm³/mol. The van der Waals surface area contributed by atoms with Gasteiger partial charge in [0.25, 0.3) is 0 Å². The molecule has 1 fully saturated rings. The zero-order valence-electron chi connectivity index (χ0n) is 14.3. The fourth-order valence-corrected chi connectivity index (χ4v) is 3.71. The van der Waals surface area contributed by atoms with Gasteiger partial charge in [-0.3, -0.25) is 19.3 Å². The fraction of sp³-hybridized carbons (Fsp3) is 0.286. The Labute approximate surface area is 151 Å². The number of allylic oxidation sites excluding steroid dienone is 2. The number of imide groups is 1. The molecule has 132 valence electrons. The average Bonchev–Trinajstić information content (AvgIpc) is 2.91. The third-order valence-corrected chi connectivity index (χ3v) is 5.09. The third-order valence-electron chi connectivity index (χ3n) is 5.09. The molecule has 5 nitrogen and oxygen atoms in total. The predicted octanol–water partition coefficient (Wildman–Crippen LogP) is 3.09. The molecule has 4 rings (SSSR count). The monoisotopic (exact) mass is 349 g/mol. The maximum absolute atomic E-state index is 12.4. The van der Waals surface area contributed by atoms with Gasteiger partial charge in [0.05, 0.1) is 18.3 Å². The van der Waals surface area contributed by atoms with Gasteiger partial charge in [0.1, 0.15) is 5.75 Å². The summed E-state index contributed by atoms with van der Waals surface area (Å²) in [4.78, 5) is 38.1. The van der Waals surface area contributed by atoms with Gasteiger partial charge in [-0.15, -0.1) is 0 Å². The van der Waals surface area contributed by atoms with E-state index in [2.05, 4.69) is 0 Å². The van der Waals surface area contributed by atoms with Gasteiger partial charge in [-0.05, 0) is 35.7 Å². The number of rotatable bonds is 4. The van der Waals surface area contributed by atoms with Crippen LogP contribution < -0.4 is 4.74 Å². The summed E-state index contributed by atoms with van der Waals surface area (Å²) in [5.74, 6) is -0.835. The molecular formula is C21H19NO4. The fourth-order valence-electron chi connectivity index (χ4n) is 3.71. The van der Waals surface area contributed by atoms with Crippen LogP contribution in [-0.2, 0) is 14.4 Å². The number of likely N-dealkylation sites (tertiary alicyclic amines) is 1. The Bertz CT molecular complexity index is 891. The molecule has 0 radical (unpaired) electrons.